The number of hydrogen-bond donors (Lipinski definition) is 2. The number of nitrogens with one attached hydrogen (secondary N) is 1. The molecule has 18 heavy (non-hydrogen) atoms. The first-order valence-electron chi connectivity index (χ1n) is 6.12. The molecule has 2 atom stereocenters. The van der Waals surface area contributed by atoms with Gasteiger partial charge in [0.25, 0.3) is 0 Å². The first-order chi connectivity index (χ1) is 8.83. The van der Waals surface area contributed by atoms with Gasteiger partial charge in [0.1, 0.15) is 11.8 Å². The Bertz CT molecular complexity index is 407. The third-order valence-corrected chi connectivity index (χ3v) is 3.31. The lowest BCUT2D eigenvalue weighted by Crippen LogP contribution is -2.26. The maximum Gasteiger partial charge on any atom is 0.140 e. The molecule has 2 N–H and O–H groups in total. The number of nitriles is 1. The Morgan fingerprint density at radius 2 is 2.50 bits per heavy atom. The molecule has 2 heterocycles. The Morgan fingerprint density at radius 3 is 3.06 bits per heavy atom. The second-order valence-electron chi connectivity index (χ2n) is 4.49. The van der Waals surface area contributed by atoms with Crippen LogP contribution in [0.25, 0.3) is 0 Å². The second-order valence-corrected chi connectivity index (χ2v) is 4.49. The van der Waals surface area contributed by atoms with E-state index in [2.05, 4.69) is 10.3 Å². The number of rotatable bonds is 5. The second kappa shape index (κ2) is 6.34. The number of aliphatic hydroxyl groups is 1. The van der Waals surface area contributed by atoms with Crippen LogP contribution in [0.2, 0.25) is 0 Å². The van der Waals surface area contributed by atoms with E-state index < -0.39 is 0 Å². The smallest absolute Gasteiger partial charge is 0.140 e. The number of pyridine rings is 1. The fraction of sp³-hybridized carbons (Fsp3) is 0.538. The summed E-state index contributed by atoms with van der Waals surface area (Å²) in [7, 11) is 0. The lowest BCUT2D eigenvalue weighted by Gasteiger charge is -2.20. The molecule has 0 aromatic carbocycles. The Hall–Kier alpha value is -1.64. The van der Waals surface area contributed by atoms with Gasteiger partial charge in [-0.1, -0.05) is 0 Å². The summed E-state index contributed by atoms with van der Waals surface area (Å²) in [4.78, 5) is 3.99. The molecule has 1 aliphatic heterocycles. The molecule has 1 saturated heterocycles. The van der Waals surface area contributed by atoms with Crippen molar-refractivity contribution in [1.29, 1.82) is 5.26 Å². The average Bonchev–Trinajstić information content (AvgIpc) is 2.94. The van der Waals surface area contributed by atoms with Gasteiger partial charge in [0.15, 0.2) is 0 Å². The molecule has 1 aliphatic rings. The topological polar surface area (TPSA) is 78.2 Å². The molecule has 5 heteroatoms. The van der Waals surface area contributed by atoms with Crippen LogP contribution in [-0.2, 0) is 4.74 Å². The summed E-state index contributed by atoms with van der Waals surface area (Å²) in [5, 5.41) is 21.3. The molecule has 2 rings (SSSR count). The summed E-state index contributed by atoms with van der Waals surface area (Å²) in [6.07, 6.45) is 2.65. The zero-order valence-corrected chi connectivity index (χ0v) is 10.2. The van der Waals surface area contributed by atoms with Crippen molar-refractivity contribution in [3.63, 3.8) is 0 Å². The Morgan fingerprint density at radius 1 is 1.61 bits per heavy atom. The van der Waals surface area contributed by atoms with Gasteiger partial charge in [-0.3, -0.25) is 0 Å². The summed E-state index contributed by atoms with van der Waals surface area (Å²) in [6.45, 7) is 2.38. The van der Waals surface area contributed by atoms with E-state index in [9.17, 15) is 5.11 Å². The van der Waals surface area contributed by atoms with Gasteiger partial charge in [-0.25, -0.2) is 4.98 Å². The van der Waals surface area contributed by atoms with Gasteiger partial charge < -0.3 is 15.2 Å². The minimum atomic E-state index is 0.157. The molecule has 0 radical (unpaired) electrons. The van der Waals surface area contributed by atoms with Crippen molar-refractivity contribution in [1.82, 2.24) is 4.98 Å². The molecule has 1 fully saturated rings. The Labute approximate surface area is 106 Å². The molecular formula is C13H17N3O2. The molecule has 2 unspecified atom stereocenters. The monoisotopic (exact) mass is 247 g/mol. The summed E-state index contributed by atoms with van der Waals surface area (Å²) >= 11 is 0. The zero-order valence-electron chi connectivity index (χ0n) is 10.2. The van der Waals surface area contributed by atoms with E-state index in [4.69, 9.17) is 10.00 Å². The highest BCUT2D eigenvalue weighted by Gasteiger charge is 2.24. The molecule has 0 amide bonds. The predicted octanol–water partition coefficient (Wildman–Crippen LogP) is 1.01. The first-order valence-corrected chi connectivity index (χ1v) is 6.12. The Balaban J connectivity index is 1.86. The number of aliphatic hydroxyl groups excluding tert-OH is 1. The van der Waals surface area contributed by atoms with Crippen molar-refractivity contribution < 1.29 is 9.84 Å². The SMILES string of the molecule is N#Cc1ccc(NCC(CO)C2CCOC2)cn1. The summed E-state index contributed by atoms with van der Waals surface area (Å²) < 4.78 is 5.33. The van der Waals surface area contributed by atoms with Crippen LogP contribution in [0, 0.1) is 23.2 Å². The summed E-state index contributed by atoms with van der Waals surface area (Å²) in [5.74, 6) is 0.622. The van der Waals surface area contributed by atoms with Gasteiger partial charge in [0.2, 0.25) is 0 Å². The summed E-state index contributed by atoms with van der Waals surface area (Å²) in [6, 6.07) is 5.48. The number of anilines is 1. The molecule has 0 spiro atoms. The molecule has 1 aromatic heterocycles. The largest absolute Gasteiger partial charge is 0.396 e. The normalized spacial score (nSPS) is 20.3. The van der Waals surface area contributed by atoms with Crippen LogP contribution in [0.15, 0.2) is 18.3 Å². The fourth-order valence-corrected chi connectivity index (χ4v) is 2.12. The van der Waals surface area contributed by atoms with Crippen molar-refractivity contribution in [2.75, 3.05) is 31.7 Å². The zero-order chi connectivity index (χ0) is 12.8. The van der Waals surface area contributed by atoms with E-state index in [1.54, 1.807) is 12.3 Å². The molecule has 0 aliphatic carbocycles. The highest BCUT2D eigenvalue weighted by atomic mass is 16.5. The maximum atomic E-state index is 9.39. The van der Waals surface area contributed by atoms with Gasteiger partial charge in [0, 0.05) is 32.3 Å². The van der Waals surface area contributed by atoms with E-state index in [-0.39, 0.29) is 12.5 Å². The van der Waals surface area contributed by atoms with Crippen LogP contribution in [-0.4, -0.2) is 36.5 Å². The number of hydrogen-bond acceptors (Lipinski definition) is 5. The molecule has 5 nitrogen and oxygen atoms in total. The maximum absolute atomic E-state index is 9.39. The standard InChI is InChI=1S/C13H17N3O2/c14-5-12-1-2-13(7-16-12)15-6-11(8-17)10-3-4-18-9-10/h1-2,7,10-11,15,17H,3-4,6,8-9H2. The van der Waals surface area contributed by atoms with E-state index in [0.717, 1.165) is 25.3 Å². The van der Waals surface area contributed by atoms with Crippen molar-refractivity contribution in [2.45, 2.75) is 6.42 Å². The van der Waals surface area contributed by atoms with Crippen molar-refractivity contribution in [3.05, 3.63) is 24.0 Å². The highest BCUT2D eigenvalue weighted by Crippen LogP contribution is 2.22. The quantitative estimate of drug-likeness (QED) is 0.812. The fourth-order valence-electron chi connectivity index (χ4n) is 2.12. The van der Waals surface area contributed by atoms with Crippen LogP contribution in [0.4, 0.5) is 5.69 Å². The summed E-state index contributed by atoms with van der Waals surface area (Å²) in [5.41, 5.74) is 1.27. The van der Waals surface area contributed by atoms with Gasteiger partial charge in [-0.2, -0.15) is 5.26 Å². The molecule has 1 aromatic rings. The third-order valence-electron chi connectivity index (χ3n) is 3.31. The minimum absolute atomic E-state index is 0.157. The van der Waals surface area contributed by atoms with Crippen LogP contribution in [0.5, 0.6) is 0 Å². The van der Waals surface area contributed by atoms with Crippen LogP contribution in [0.1, 0.15) is 12.1 Å². The highest BCUT2D eigenvalue weighted by molar-refractivity contribution is 5.42. The van der Waals surface area contributed by atoms with E-state index in [1.807, 2.05) is 12.1 Å². The van der Waals surface area contributed by atoms with Crippen LogP contribution >= 0.6 is 0 Å². The molecule has 0 bridgehead atoms. The van der Waals surface area contributed by atoms with Gasteiger partial charge in [-0.15, -0.1) is 0 Å². The number of aromatic nitrogens is 1. The lowest BCUT2D eigenvalue weighted by atomic mass is 9.92. The van der Waals surface area contributed by atoms with Crippen molar-refractivity contribution >= 4 is 5.69 Å². The van der Waals surface area contributed by atoms with Gasteiger partial charge in [0.05, 0.1) is 11.9 Å². The van der Waals surface area contributed by atoms with Gasteiger partial charge >= 0.3 is 0 Å². The van der Waals surface area contributed by atoms with Crippen molar-refractivity contribution in [2.24, 2.45) is 11.8 Å². The van der Waals surface area contributed by atoms with E-state index >= 15 is 0 Å². The number of ether oxygens (including phenoxy) is 1. The van der Waals surface area contributed by atoms with Crippen molar-refractivity contribution in [3.8, 4) is 6.07 Å². The van der Waals surface area contributed by atoms with Crippen LogP contribution in [0.3, 0.4) is 0 Å². The average molecular weight is 247 g/mol. The van der Waals surface area contributed by atoms with Crippen LogP contribution < -0.4 is 5.32 Å². The third kappa shape index (κ3) is 3.19. The van der Waals surface area contributed by atoms with E-state index in [1.165, 1.54) is 0 Å². The molecule has 96 valence electrons. The minimum Gasteiger partial charge on any atom is -0.396 e. The van der Waals surface area contributed by atoms with Gasteiger partial charge in [-0.05, 0) is 24.5 Å². The van der Waals surface area contributed by atoms with E-state index in [0.29, 0.717) is 18.2 Å². The number of nitrogens with zero attached hydrogens (tertiary/aromatic N) is 2. The lowest BCUT2D eigenvalue weighted by molar-refractivity contribution is 0.145. The predicted molar refractivity (Wildman–Crippen MR) is 66.9 cm³/mol. The molecule has 0 saturated carbocycles. The molecular weight excluding hydrogens is 230 g/mol. The first kappa shape index (κ1) is 12.8. The Kier molecular flexibility index (Phi) is 4.51.